The van der Waals surface area contributed by atoms with Gasteiger partial charge in [-0.2, -0.15) is 22.8 Å². The highest BCUT2D eigenvalue weighted by molar-refractivity contribution is 5.27. The van der Waals surface area contributed by atoms with Gasteiger partial charge < -0.3 is 0 Å². The smallest absolute Gasteiger partial charge is 0.195 e. The van der Waals surface area contributed by atoms with Gasteiger partial charge >= 0.3 is 6.18 Å². The molecule has 1 aromatic rings. The fraction of sp³-hybridized carbons (Fsp3) is 0.536. The molecule has 178 valence electrons. The minimum absolute atomic E-state index is 0.369. The number of hydrogen-bond acceptors (Lipinski definition) is 1. The molecule has 0 radical (unpaired) electrons. The molecule has 0 aromatic heterocycles. The van der Waals surface area contributed by atoms with Crippen LogP contribution in [0.25, 0.3) is 0 Å². The van der Waals surface area contributed by atoms with E-state index in [9.17, 15) is 17.6 Å². The summed E-state index contributed by atoms with van der Waals surface area (Å²) in [6, 6.07) is 7.18. The summed E-state index contributed by atoms with van der Waals surface area (Å²) < 4.78 is 51.0. The summed E-state index contributed by atoms with van der Waals surface area (Å²) in [4.78, 5) is 0. The third-order valence-electron chi connectivity index (χ3n) is 7.26. The number of nitrogens with zero attached hydrogens (tertiary/aromatic N) is 1. The van der Waals surface area contributed by atoms with Crippen LogP contribution in [0, 0.1) is 29.1 Å². The molecule has 0 unspecified atom stereocenters. The predicted molar refractivity (Wildman–Crippen MR) is 124 cm³/mol. The molecule has 5 heteroatoms. The molecule has 0 aliphatic heterocycles. The van der Waals surface area contributed by atoms with Crippen molar-refractivity contribution >= 4 is 0 Å². The molecule has 0 heterocycles. The molecule has 2 saturated carbocycles. The lowest BCUT2D eigenvalue weighted by atomic mass is 9.77. The normalized spacial score (nSPS) is 27.2. The summed E-state index contributed by atoms with van der Waals surface area (Å²) in [5.74, 6) is 1.57. The molecule has 0 spiro atoms. The number of alkyl halides is 3. The summed E-state index contributed by atoms with van der Waals surface area (Å²) in [5, 5.41) is 8.37. The standard InChI is InChI=1S/C28H33F4N/c29-27(20-33)5-3-1-2-4-21-6-8-22(9-7-21)10-11-23-12-14-24(15-13-23)25-16-18-26(19-17-25)28(30,31)32/h1,3,5,10-11,16-19,21-24H,2,4,6-9,12-15H2. The summed E-state index contributed by atoms with van der Waals surface area (Å²) in [6.07, 6.45) is 16.5. The Hall–Kier alpha value is -2.35. The van der Waals surface area contributed by atoms with E-state index in [4.69, 9.17) is 5.26 Å². The highest BCUT2D eigenvalue weighted by atomic mass is 19.4. The van der Waals surface area contributed by atoms with Gasteiger partial charge in [0.25, 0.3) is 0 Å². The van der Waals surface area contributed by atoms with Crippen LogP contribution in [-0.4, -0.2) is 0 Å². The van der Waals surface area contributed by atoms with Crippen molar-refractivity contribution in [3.8, 4) is 6.07 Å². The minimum atomic E-state index is -4.27. The van der Waals surface area contributed by atoms with Crippen LogP contribution in [0.2, 0.25) is 0 Å². The van der Waals surface area contributed by atoms with Gasteiger partial charge in [-0.05, 0) is 112 Å². The Morgan fingerprint density at radius 1 is 0.909 bits per heavy atom. The van der Waals surface area contributed by atoms with E-state index in [0.717, 1.165) is 50.0 Å². The molecule has 0 amide bonds. The molecule has 33 heavy (non-hydrogen) atoms. The van der Waals surface area contributed by atoms with E-state index in [0.29, 0.717) is 17.8 Å². The van der Waals surface area contributed by atoms with Gasteiger partial charge in [0.1, 0.15) is 6.07 Å². The molecule has 0 saturated heterocycles. The number of rotatable bonds is 7. The maximum Gasteiger partial charge on any atom is 0.416 e. The second-order valence-electron chi connectivity index (χ2n) is 9.53. The van der Waals surface area contributed by atoms with Crippen molar-refractivity contribution in [2.45, 2.75) is 76.3 Å². The zero-order valence-electron chi connectivity index (χ0n) is 19.0. The molecule has 2 aliphatic carbocycles. The third kappa shape index (κ3) is 8.18. The lowest BCUT2D eigenvalue weighted by Gasteiger charge is -2.29. The second kappa shape index (κ2) is 12.2. The van der Waals surface area contributed by atoms with Gasteiger partial charge in [-0.1, -0.05) is 36.4 Å². The zero-order chi connectivity index (χ0) is 23.7. The van der Waals surface area contributed by atoms with Crippen molar-refractivity contribution in [2.75, 3.05) is 0 Å². The van der Waals surface area contributed by atoms with Gasteiger partial charge in [0.15, 0.2) is 5.83 Å². The first kappa shape index (κ1) is 25.3. The number of allylic oxidation sites excluding steroid dienone is 6. The lowest BCUT2D eigenvalue weighted by Crippen LogP contribution is -2.14. The molecule has 2 fully saturated rings. The maximum absolute atomic E-state index is 12.8. The summed E-state index contributed by atoms with van der Waals surface area (Å²) >= 11 is 0. The van der Waals surface area contributed by atoms with Crippen molar-refractivity contribution in [3.63, 3.8) is 0 Å². The average molecular weight is 460 g/mol. The van der Waals surface area contributed by atoms with Crippen molar-refractivity contribution in [2.24, 2.45) is 17.8 Å². The lowest BCUT2D eigenvalue weighted by molar-refractivity contribution is -0.137. The van der Waals surface area contributed by atoms with Crippen LogP contribution < -0.4 is 0 Å². The van der Waals surface area contributed by atoms with Crippen LogP contribution in [0.3, 0.4) is 0 Å². The monoisotopic (exact) mass is 459 g/mol. The molecular formula is C28H33F4N. The SMILES string of the molecule is N#CC(F)=CC=CCCC1CCC(C=CC2CCC(c3ccc(C(F)(F)F)cc3)CC2)CC1. The van der Waals surface area contributed by atoms with Crippen LogP contribution in [0.5, 0.6) is 0 Å². The number of benzene rings is 1. The van der Waals surface area contributed by atoms with Gasteiger partial charge in [-0.15, -0.1) is 0 Å². The van der Waals surface area contributed by atoms with Gasteiger partial charge in [-0.3, -0.25) is 0 Å². The first-order valence-electron chi connectivity index (χ1n) is 12.1. The van der Waals surface area contributed by atoms with E-state index in [1.807, 2.05) is 6.08 Å². The molecule has 3 rings (SSSR count). The quantitative estimate of drug-likeness (QED) is 0.173. The molecular weight excluding hydrogens is 426 g/mol. The minimum Gasteiger partial charge on any atom is -0.195 e. The average Bonchev–Trinajstić information content (AvgIpc) is 2.83. The summed E-state index contributed by atoms with van der Waals surface area (Å²) in [5.41, 5.74) is 0.460. The van der Waals surface area contributed by atoms with Crippen molar-refractivity contribution in [1.29, 1.82) is 5.26 Å². The summed E-state index contributed by atoms with van der Waals surface area (Å²) in [6.45, 7) is 0. The molecule has 1 aromatic carbocycles. The molecule has 0 bridgehead atoms. The van der Waals surface area contributed by atoms with E-state index in [-0.39, 0.29) is 0 Å². The Morgan fingerprint density at radius 3 is 2.03 bits per heavy atom. The van der Waals surface area contributed by atoms with Gasteiger partial charge in [-0.25, -0.2) is 0 Å². The fourth-order valence-corrected chi connectivity index (χ4v) is 5.19. The van der Waals surface area contributed by atoms with Gasteiger partial charge in [0.2, 0.25) is 0 Å². The number of hydrogen-bond donors (Lipinski definition) is 0. The Labute approximate surface area is 194 Å². The first-order valence-corrected chi connectivity index (χ1v) is 12.1. The van der Waals surface area contributed by atoms with Crippen LogP contribution in [0.4, 0.5) is 17.6 Å². The predicted octanol–water partition coefficient (Wildman–Crippen LogP) is 9.06. The van der Waals surface area contributed by atoms with Crippen LogP contribution in [0.15, 0.2) is 60.5 Å². The van der Waals surface area contributed by atoms with Crippen LogP contribution >= 0.6 is 0 Å². The summed E-state index contributed by atoms with van der Waals surface area (Å²) in [7, 11) is 0. The van der Waals surface area contributed by atoms with E-state index in [1.165, 1.54) is 50.0 Å². The highest BCUT2D eigenvalue weighted by Crippen LogP contribution is 2.39. The second-order valence-corrected chi connectivity index (χ2v) is 9.53. The van der Waals surface area contributed by atoms with E-state index in [2.05, 4.69) is 12.2 Å². The van der Waals surface area contributed by atoms with Crippen molar-refractivity contribution in [1.82, 2.24) is 0 Å². The third-order valence-corrected chi connectivity index (χ3v) is 7.26. The fourth-order valence-electron chi connectivity index (χ4n) is 5.19. The zero-order valence-corrected chi connectivity index (χ0v) is 19.0. The van der Waals surface area contributed by atoms with E-state index in [1.54, 1.807) is 18.2 Å². The molecule has 2 aliphatic rings. The topological polar surface area (TPSA) is 23.8 Å². The van der Waals surface area contributed by atoms with Gasteiger partial charge in [0, 0.05) is 0 Å². The van der Waals surface area contributed by atoms with Gasteiger partial charge in [0.05, 0.1) is 5.56 Å². The Bertz CT molecular complexity index is 857. The molecule has 0 N–H and O–H groups in total. The highest BCUT2D eigenvalue weighted by Gasteiger charge is 2.30. The molecule has 0 atom stereocenters. The largest absolute Gasteiger partial charge is 0.416 e. The van der Waals surface area contributed by atoms with Crippen LogP contribution in [0.1, 0.15) is 81.3 Å². The maximum atomic E-state index is 12.8. The molecule has 1 nitrogen and oxygen atoms in total. The van der Waals surface area contributed by atoms with Crippen molar-refractivity contribution in [3.05, 3.63) is 71.6 Å². The van der Waals surface area contributed by atoms with E-state index < -0.39 is 17.6 Å². The Morgan fingerprint density at radius 2 is 1.48 bits per heavy atom. The van der Waals surface area contributed by atoms with Crippen LogP contribution in [-0.2, 0) is 6.18 Å². The van der Waals surface area contributed by atoms with E-state index >= 15 is 0 Å². The Balaban J connectivity index is 1.35. The number of halogens is 4. The van der Waals surface area contributed by atoms with Crippen molar-refractivity contribution < 1.29 is 17.6 Å². The Kier molecular flexibility index (Phi) is 9.35. The number of nitriles is 1. The first-order chi connectivity index (χ1) is 15.8.